The predicted molar refractivity (Wildman–Crippen MR) is 53.8 cm³/mol. The van der Waals surface area contributed by atoms with Gasteiger partial charge < -0.3 is 4.74 Å². The van der Waals surface area contributed by atoms with E-state index in [0.29, 0.717) is 5.92 Å². The van der Waals surface area contributed by atoms with Crippen molar-refractivity contribution in [2.45, 2.75) is 31.7 Å². The Morgan fingerprint density at radius 2 is 2.33 bits per heavy atom. The van der Waals surface area contributed by atoms with Gasteiger partial charge in [-0.3, -0.25) is 9.89 Å². The van der Waals surface area contributed by atoms with E-state index in [1.165, 1.54) is 11.8 Å². The second-order valence-electron chi connectivity index (χ2n) is 3.89. The fourth-order valence-electron chi connectivity index (χ4n) is 1.60. The highest BCUT2D eigenvalue weighted by atomic mass is 16.5. The summed E-state index contributed by atoms with van der Waals surface area (Å²) in [5.41, 5.74) is 0.755. The minimum Gasteiger partial charge on any atom is -0.467 e. The van der Waals surface area contributed by atoms with Crippen LogP contribution in [0, 0.1) is 0 Å². The van der Waals surface area contributed by atoms with E-state index < -0.39 is 12.0 Å². The molecule has 15 heavy (non-hydrogen) atoms. The van der Waals surface area contributed by atoms with Crippen LogP contribution in [-0.4, -0.2) is 22.9 Å². The Kier molecular flexibility index (Phi) is 2.38. The third-order valence-electron chi connectivity index (χ3n) is 2.71. The van der Waals surface area contributed by atoms with Crippen LogP contribution < -0.4 is 5.56 Å². The van der Waals surface area contributed by atoms with E-state index in [-0.39, 0.29) is 5.56 Å². The molecule has 5 nitrogen and oxygen atoms in total. The molecule has 82 valence electrons. The maximum Gasteiger partial charge on any atom is 0.330 e. The predicted octanol–water partition coefficient (Wildman–Crippen LogP) is 0.788. The summed E-state index contributed by atoms with van der Waals surface area (Å²) < 4.78 is 5.91. The number of hydrogen-bond donors (Lipinski definition) is 1. The van der Waals surface area contributed by atoms with E-state index in [0.717, 1.165) is 18.5 Å². The SMILES string of the molecule is COC(=O)C(C)n1[nH]c(C2CC2)cc1=O. The van der Waals surface area contributed by atoms with Gasteiger partial charge in [0.2, 0.25) is 0 Å². The zero-order chi connectivity index (χ0) is 11.0. The number of nitrogens with one attached hydrogen (secondary N) is 1. The maximum atomic E-state index is 11.6. The normalized spacial score (nSPS) is 17.5. The number of ether oxygens (including phenoxy) is 1. The van der Waals surface area contributed by atoms with E-state index in [1.54, 1.807) is 13.0 Å². The van der Waals surface area contributed by atoms with Crippen LogP contribution in [0.3, 0.4) is 0 Å². The topological polar surface area (TPSA) is 64.1 Å². The van der Waals surface area contributed by atoms with Crippen LogP contribution in [0.25, 0.3) is 0 Å². The first-order valence-electron chi connectivity index (χ1n) is 5.02. The number of H-pyrrole nitrogens is 1. The molecule has 1 fully saturated rings. The lowest BCUT2D eigenvalue weighted by Crippen LogP contribution is -2.26. The molecule has 1 N–H and O–H groups in total. The second kappa shape index (κ2) is 3.56. The standard InChI is InChI=1S/C10H14N2O3/c1-6(10(14)15-2)12-9(13)5-8(11-12)7-3-4-7/h5-7,11H,3-4H2,1-2H3. The molecular weight excluding hydrogens is 196 g/mol. The van der Waals surface area contributed by atoms with E-state index in [1.807, 2.05) is 0 Å². The number of aromatic amines is 1. The highest BCUT2D eigenvalue weighted by molar-refractivity contribution is 5.73. The first kappa shape index (κ1) is 10.0. The number of aromatic nitrogens is 2. The van der Waals surface area contributed by atoms with Crippen molar-refractivity contribution in [1.29, 1.82) is 0 Å². The monoisotopic (exact) mass is 210 g/mol. The van der Waals surface area contributed by atoms with Gasteiger partial charge in [0.15, 0.2) is 0 Å². The molecule has 5 heteroatoms. The first-order valence-corrected chi connectivity index (χ1v) is 5.02. The fourth-order valence-corrected chi connectivity index (χ4v) is 1.60. The van der Waals surface area contributed by atoms with E-state index in [9.17, 15) is 9.59 Å². The van der Waals surface area contributed by atoms with Gasteiger partial charge in [0.1, 0.15) is 6.04 Å². The molecule has 1 aliphatic rings. The molecule has 0 radical (unpaired) electrons. The van der Waals surface area contributed by atoms with Gasteiger partial charge in [0.05, 0.1) is 7.11 Å². The van der Waals surface area contributed by atoms with Crippen LogP contribution in [0.4, 0.5) is 0 Å². The van der Waals surface area contributed by atoms with Crippen LogP contribution in [0.15, 0.2) is 10.9 Å². The summed E-state index contributed by atoms with van der Waals surface area (Å²) in [6.45, 7) is 1.64. The Morgan fingerprint density at radius 1 is 1.67 bits per heavy atom. The van der Waals surface area contributed by atoms with Crippen LogP contribution in [0.5, 0.6) is 0 Å². The van der Waals surface area contributed by atoms with Crippen LogP contribution >= 0.6 is 0 Å². The number of hydrogen-bond acceptors (Lipinski definition) is 3. The second-order valence-corrected chi connectivity index (χ2v) is 3.89. The highest BCUT2D eigenvalue weighted by Crippen LogP contribution is 2.38. The van der Waals surface area contributed by atoms with Gasteiger partial charge in [-0.25, -0.2) is 9.48 Å². The number of esters is 1. The summed E-state index contributed by atoms with van der Waals surface area (Å²) in [6.07, 6.45) is 2.24. The van der Waals surface area contributed by atoms with Gasteiger partial charge in [0.25, 0.3) is 5.56 Å². The van der Waals surface area contributed by atoms with E-state index in [4.69, 9.17) is 0 Å². The molecule has 1 aromatic rings. The summed E-state index contributed by atoms with van der Waals surface area (Å²) in [5.74, 6) is 0.0603. The quantitative estimate of drug-likeness (QED) is 0.750. The molecule has 1 aliphatic carbocycles. The molecule has 0 amide bonds. The Morgan fingerprint density at radius 3 is 2.87 bits per heavy atom. The van der Waals surface area contributed by atoms with Crippen molar-refractivity contribution in [2.75, 3.05) is 7.11 Å². The largest absolute Gasteiger partial charge is 0.467 e. The molecule has 0 saturated heterocycles. The van der Waals surface area contributed by atoms with Crippen LogP contribution in [0.2, 0.25) is 0 Å². The maximum absolute atomic E-state index is 11.6. The molecule has 0 spiro atoms. The molecule has 0 aromatic carbocycles. The Hall–Kier alpha value is -1.52. The fraction of sp³-hybridized carbons (Fsp3) is 0.600. The van der Waals surface area contributed by atoms with Gasteiger partial charge in [-0.2, -0.15) is 0 Å². The lowest BCUT2D eigenvalue weighted by atomic mass is 10.3. The molecule has 1 atom stereocenters. The smallest absolute Gasteiger partial charge is 0.330 e. The molecule has 2 rings (SSSR count). The minimum atomic E-state index is -0.588. The molecule has 0 bridgehead atoms. The van der Waals surface area contributed by atoms with Gasteiger partial charge in [-0.05, 0) is 19.8 Å². The Bertz CT molecular complexity index is 428. The zero-order valence-corrected chi connectivity index (χ0v) is 8.82. The van der Waals surface area contributed by atoms with Crippen molar-refractivity contribution in [2.24, 2.45) is 0 Å². The molecule has 1 unspecified atom stereocenters. The van der Waals surface area contributed by atoms with Crippen LogP contribution in [0.1, 0.15) is 37.4 Å². The number of carbonyl (C=O) groups excluding carboxylic acids is 1. The molecule has 0 aliphatic heterocycles. The van der Waals surface area contributed by atoms with Gasteiger partial charge in [0, 0.05) is 17.7 Å². The number of methoxy groups -OCH3 is 1. The van der Waals surface area contributed by atoms with Gasteiger partial charge in [-0.1, -0.05) is 0 Å². The molecule has 1 saturated carbocycles. The van der Waals surface area contributed by atoms with Crippen molar-refractivity contribution in [3.8, 4) is 0 Å². The Balaban J connectivity index is 2.27. The average molecular weight is 210 g/mol. The summed E-state index contributed by atoms with van der Waals surface area (Å²) >= 11 is 0. The minimum absolute atomic E-state index is 0.171. The lowest BCUT2D eigenvalue weighted by Gasteiger charge is -2.09. The van der Waals surface area contributed by atoms with Gasteiger partial charge >= 0.3 is 5.97 Å². The highest BCUT2D eigenvalue weighted by Gasteiger charge is 2.27. The van der Waals surface area contributed by atoms with Crippen molar-refractivity contribution >= 4 is 5.97 Å². The van der Waals surface area contributed by atoms with Crippen molar-refractivity contribution < 1.29 is 9.53 Å². The number of nitrogens with zero attached hydrogens (tertiary/aromatic N) is 1. The van der Waals surface area contributed by atoms with Crippen molar-refractivity contribution in [3.63, 3.8) is 0 Å². The number of rotatable bonds is 3. The van der Waals surface area contributed by atoms with E-state index >= 15 is 0 Å². The lowest BCUT2D eigenvalue weighted by molar-refractivity contribution is -0.144. The molecule has 1 heterocycles. The van der Waals surface area contributed by atoms with Gasteiger partial charge in [-0.15, -0.1) is 0 Å². The third-order valence-corrected chi connectivity index (χ3v) is 2.71. The van der Waals surface area contributed by atoms with Crippen LogP contribution in [-0.2, 0) is 9.53 Å². The Labute approximate surface area is 87.0 Å². The third kappa shape index (κ3) is 1.82. The average Bonchev–Trinajstić information content (AvgIpc) is 3.00. The molecular formula is C10H14N2O3. The number of carbonyl (C=O) groups is 1. The summed E-state index contributed by atoms with van der Waals surface area (Å²) in [4.78, 5) is 22.8. The van der Waals surface area contributed by atoms with Crippen molar-refractivity contribution in [1.82, 2.24) is 9.78 Å². The van der Waals surface area contributed by atoms with Crippen molar-refractivity contribution in [3.05, 3.63) is 22.1 Å². The first-order chi connectivity index (χ1) is 7.13. The summed E-state index contributed by atoms with van der Waals surface area (Å²) in [5, 5.41) is 2.96. The van der Waals surface area contributed by atoms with E-state index in [2.05, 4.69) is 9.84 Å². The molecule has 1 aromatic heterocycles. The zero-order valence-electron chi connectivity index (χ0n) is 8.82. The summed E-state index contributed by atoms with van der Waals surface area (Å²) in [7, 11) is 1.31. The summed E-state index contributed by atoms with van der Waals surface area (Å²) in [6, 6.07) is 0.979.